The molecule has 1 aromatic heterocycles. The van der Waals surface area contributed by atoms with Crippen LogP contribution in [0.2, 0.25) is 0 Å². The van der Waals surface area contributed by atoms with Crippen molar-refractivity contribution in [3.63, 3.8) is 0 Å². The molecule has 0 bridgehead atoms. The molecule has 9 heteroatoms. The summed E-state index contributed by atoms with van der Waals surface area (Å²) in [6, 6.07) is 11.0. The number of methoxy groups -OCH3 is 2. The molecule has 1 saturated heterocycles. The zero-order valence-corrected chi connectivity index (χ0v) is 20.9. The summed E-state index contributed by atoms with van der Waals surface area (Å²) in [6.07, 6.45) is 2.01. The predicted molar refractivity (Wildman–Crippen MR) is 136 cm³/mol. The molecule has 1 N–H and O–H groups in total. The minimum atomic E-state index is -0.275. The summed E-state index contributed by atoms with van der Waals surface area (Å²) in [4.78, 5) is 32.6. The third kappa shape index (κ3) is 5.57. The maximum atomic E-state index is 13.2. The number of hydrogen-bond donors (Lipinski definition) is 1. The smallest absolute Gasteiger partial charge is 0.256 e. The maximum absolute atomic E-state index is 13.2. The Labute approximate surface area is 208 Å². The van der Waals surface area contributed by atoms with Crippen LogP contribution in [0.3, 0.4) is 0 Å². The van der Waals surface area contributed by atoms with Crippen LogP contribution in [-0.4, -0.2) is 55.6 Å². The topological polar surface area (TPSA) is 90.0 Å². The number of amides is 2. The van der Waals surface area contributed by atoms with Crippen molar-refractivity contribution in [3.8, 4) is 27.8 Å². The van der Waals surface area contributed by atoms with Crippen LogP contribution in [0, 0.1) is 0 Å². The number of nitrogens with one attached hydrogen (secondary N) is 1. The van der Waals surface area contributed by atoms with Gasteiger partial charge in [0, 0.05) is 24.5 Å². The van der Waals surface area contributed by atoms with E-state index in [0.29, 0.717) is 48.1 Å². The zero-order valence-electron chi connectivity index (χ0n) is 20.1. The average Bonchev–Trinajstić information content (AvgIpc) is 3.56. The maximum Gasteiger partial charge on any atom is 0.256 e. The van der Waals surface area contributed by atoms with Crippen molar-refractivity contribution in [2.24, 2.45) is 0 Å². The zero-order chi connectivity index (χ0) is 24.8. The van der Waals surface area contributed by atoms with Crippen LogP contribution in [0.15, 0.2) is 41.8 Å². The third-order valence-corrected chi connectivity index (χ3v) is 6.66. The quantitative estimate of drug-likeness (QED) is 0.465. The van der Waals surface area contributed by atoms with E-state index in [0.717, 1.165) is 29.2 Å². The second kappa shape index (κ2) is 11.2. The highest BCUT2D eigenvalue weighted by atomic mass is 32.1. The molecule has 184 valence electrons. The molecule has 0 saturated carbocycles. The molecule has 0 aliphatic carbocycles. The van der Waals surface area contributed by atoms with Gasteiger partial charge in [-0.2, -0.15) is 0 Å². The van der Waals surface area contributed by atoms with E-state index in [1.807, 2.05) is 36.6 Å². The van der Waals surface area contributed by atoms with Gasteiger partial charge in [-0.05, 0) is 38.0 Å². The van der Waals surface area contributed by atoms with E-state index in [1.54, 1.807) is 17.0 Å². The molecule has 1 aliphatic heterocycles. The van der Waals surface area contributed by atoms with Crippen LogP contribution in [0.1, 0.15) is 35.8 Å². The molecule has 1 fully saturated rings. The predicted octanol–water partition coefficient (Wildman–Crippen LogP) is 4.64. The van der Waals surface area contributed by atoms with Gasteiger partial charge in [0.2, 0.25) is 5.91 Å². The summed E-state index contributed by atoms with van der Waals surface area (Å²) >= 11 is 1.46. The number of thiazole rings is 1. The van der Waals surface area contributed by atoms with Crippen LogP contribution in [0.25, 0.3) is 10.6 Å². The lowest BCUT2D eigenvalue weighted by molar-refractivity contribution is -0.115. The summed E-state index contributed by atoms with van der Waals surface area (Å²) in [5.41, 5.74) is 2.30. The minimum absolute atomic E-state index is 0.0684. The summed E-state index contributed by atoms with van der Waals surface area (Å²) < 4.78 is 16.5. The SMILES string of the molecule is CCOc1ccccc1-c1nc(CC(=O)Nc2cc(OC)c(OC)cc2C(=O)N2CCCC2)cs1. The fraction of sp³-hybridized carbons (Fsp3) is 0.346. The molecule has 35 heavy (non-hydrogen) atoms. The highest BCUT2D eigenvalue weighted by Gasteiger charge is 2.25. The van der Waals surface area contributed by atoms with Gasteiger partial charge >= 0.3 is 0 Å². The van der Waals surface area contributed by atoms with Crippen molar-refractivity contribution in [2.45, 2.75) is 26.2 Å². The Morgan fingerprint density at radius 2 is 1.77 bits per heavy atom. The Bertz CT molecular complexity index is 1200. The molecule has 3 aromatic rings. The fourth-order valence-electron chi connectivity index (χ4n) is 4.05. The van der Waals surface area contributed by atoms with E-state index in [4.69, 9.17) is 14.2 Å². The Balaban J connectivity index is 1.55. The van der Waals surface area contributed by atoms with Crippen LogP contribution >= 0.6 is 11.3 Å². The number of carbonyl (C=O) groups excluding carboxylic acids is 2. The molecule has 8 nitrogen and oxygen atoms in total. The van der Waals surface area contributed by atoms with Crippen molar-refractivity contribution < 1.29 is 23.8 Å². The molecule has 0 spiro atoms. The average molecular weight is 496 g/mol. The highest BCUT2D eigenvalue weighted by molar-refractivity contribution is 7.13. The molecule has 2 amide bonds. The van der Waals surface area contributed by atoms with Crippen molar-refractivity contribution in [1.29, 1.82) is 0 Å². The molecule has 1 aliphatic rings. The van der Waals surface area contributed by atoms with Gasteiger partial charge in [0.15, 0.2) is 11.5 Å². The Morgan fingerprint density at radius 3 is 2.49 bits per heavy atom. The van der Waals surface area contributed by atoms with Crippen LogP contribution in [0.5, 0.6) is 17.2 Å². The van der Waals surface area contributed by atoms with Crippen molar-refractivity contribution in [3.05, 3.63) is 53.0 Å². The van der Waals surface area contributed by atoms with Crippen molar-refractivity contribution in [2.75, 3.05) is 39.2 Å². The summed E-state index contributed by atoms with van der Waals surface area (Å²) in [5.74, 6) is 1.22. The number of carbonyl (C=O) groups is 2. The van der Waals surface area contributed by atoms with E-state index in [9.17, 15) is 9.59 Å². The first-order valence-electron chi connectivity index (χ1n) is 11.6. The van der Waals surface area contributed by atoms with E-state index < -0.39 is 0 Å². The summed E-state index contributed by atoms with van der Waals surface area (Å²) in [6.45, 7) is 3.89. The second-order valence-corrected chi connectivity index (χ2v) is 8.91. The largest absolute Gasteiger partial charge is 0.493 e. The van der Waals surface area contributed by atoms with Crippen LogP contribution < -0.4 is 19.5 Å². The monoisotopic (exact) mass is 495 g/mol. The van der Waals surface area contributed by atoms with Gasteiger partial charge in [0.1, 0.15) is 10.8 Å². The van der Waals surface area contributed by atoms with Gasteiger partial charge in [0.05, 0.1) is 49.8 Å². The summed E-state index contributed by atoms with van der Waals surface area (Å²) in [7, 11) is 3.03. The molecule has 2 aromatic carbocycles. The number of likely N-dealkylation sites (tertiary alicyclic amines) is 1. The molecular weight excluding hydrogens is 466 g/mol. The summed E-state index contributed by atoms with van der Waals surface area (Å²) in [5, 5.41) is 5.54. The Kier molecular flexibility index (Phi) is 7.87. The number of para-hydroxylation sites is 1. The Morgan fingerprint density at radius 1 is 1.06 bits per heavy atom. The van der Waals surface area contributed by atoms with E-state index in [2.05, 4.69) is 10.3 Å². The first-order valence-corrected chi connectivity index (χ1v) is 12.4. The standard InChI is InChI=1S/C26H29N3O5S/c1-4-34-21-10-6-5-9-18(21)25-27-17(16-35-25)13-24(30)28-20-15-23(33-3)22(32-2)14-19(20)26(31)29-11-7-8-12-29/h5-6,9-10,14-16H,4,7-8,11-13H2,1-3H3,(H,28,30). The van der Waals surface area contributed by atoms with Gasteiger partial charge in [-0.25, -0.2) is 4.98 Å². The van der Waals surface area contributed by atoms with Crippen LogP contribution in [-0.2, 0) is 11.2 Å². The molecule has 0 radical (unpaired) electrons. The molecule has 0 atom stereocenters. The van der Waals surface area contributed by atoms with Crippen molar-refractivity contribution in [1.82, 2.24) is 9.88 Å². The first-order chi connectivity index (χ1) is 17.0. The fourth-order valence-corrected chi connectivity index (χ4v) is 4.89. The van der Waals surface area contributed by atoms with Crippen LogP contribution in [0.4, 0.5) is 5.69 Å². The normalized spacial score (nSPS) is 12.9. The lowest BCUT2D eigenvalue weighted by Crippen LogP contribution is -2.29. The number of aromatic nitrogens is 1. The number of rotatable bonds is 9. The third-order valence-electron chi connectivity index (χ3n) is 5.73. The molecule has 4 rings (SSSR count). The van der Waals surface area contributed by atoms with E-state index in [-0.39, 0.29) is 18.2 Å². The number of ether oxygens (including phenoxy) is 3. The van der Waals surface area contributed by atoms with E-state index in [1.165, 1.54) is 25.6 Å². The lowest BCUT2D eigenvalue weighted by Gasteiger charge is -2.20. The van der Waals surface area contributed by atoms with Crippen molar-refractivity contribution >= 4 is 28.8 Å². The van der Waals surface area contributed by atoms with Gasteiger partial charge in [-0.15, -0.1) is 11.3 Å². The molecule has 0 unspecified atom stereocenters. The van der Waals surface area contributed by atoms with Gasteiger partial charge in [-0.1, -0.05) is 12.1 Å². The number of benzene rings is 2. The number of hydrogen-bond acceptors (Lipinski definition) is 7. The molecular formula is C26H29N3O5S. The first kappa shape index (κ1) is 24.5. The minimum Gasteiger partial charge on any atom is -0.493 e. The van der Waals surface area contributed by atoms with Gasteiger partial charge in [-0.3, -0.25) is 9.59 Å². The highest BCUT2D eigenvalue weighted by Crippen LogP contribution is 2.35. The number of anilines is 1. The van der Waals surface area contributed by atoms with Gasteiger partial charge < -0.3 is 24.4 Å². The lowest BCUT2D eigenvalue weighted by atomic mass is 10.1. The molecule has 2 heterocycles. The number of nitrogens with zero attached hydrogens (tertiary/aromatic N) is 2. The van der Waals surface area contributed by atoms with E-state index >= 15 is 0 Å². The van der Waals surface area contributed by atoms with Gasteiger partial charge in [0.25, 0.3) is 5.91 Å². The second-order valence-electron chi connectivity index (χ2n) is 8.05. The Hall–Kier alpha value is -3.59.